The molecule has 1 heterocycles. The van der Waals surface area contributed by atoms with Crippen molar-refractivity contribution in [2.24, 2.45) is 0 Å². The molecular formula is C50H99NO9. The van der Waals surface area contributed by atoms with E-state index in [4.69, 9.17) is 9.47 Å². The lowest BCUT2D eigenvalue weighted by molar-refractivity contribution is -0.303. The molecule has 8 atom stereocenters. The third kappa shape index (κ3) is 30.3. The summed E-state index contributed by atoms with van der Waals surface area (Å²) in [7, 11) is 0. The summed E-state index contributed by atoms with van der Waals surface area (Å²) in [5.74, 6) is -0.252. The summed E-state index contributed by atoms with van der Waals surface area (Å²) >= 11 is 0. The Hall–Kier alpha value is -0.850. The summed E-state index contributed by atoms with van der Waals surface area (Å²) in [5.41, 5.74) is 0. The first kappa shape index (κ1) is 57.2. The zero-order chi connectivity index (χ0) is 43.9. The van der Waals surface area contributed by atoms with E-state index < -0.39 is 55.6 Å². The summed E-state index contributed by atoms with van der Waals surface area (Å²) < 4.78 is 11.2. The maximum absolute atomic E-state index is 13.0. The molecule has 0 bridgehead atoms. The van der Waals surface area contributed by atoms with E-state index in [0.717, 1.165) is 38.5 Å². The highest BCUT2D eigenvalue weighted by atomic mass is 16.7. The van der Waals surface area contributed by atoms with Gasteiger partial charge in [0.25, 0.3) is 0 Å². The number of rotatable bonds is 44. The quantitative estimate of drug-likeness (QED) is 0.0295. The zero-order valence-electron chi connectivity index (χ0n) is 39.1. The van der Waals surface area contributed by atoms with E-state index >= 15 is 0 Å². The fourth-order valence-electron chi connectivity index (χ4n) is 8.61. The standard InChI is InChI=1S/C50H99NO9/c1-3-5-7-9-11-13-15-17-18-19-20-21-22-23-24-25-26-27-29-31-33-35-37-39-45(54)51-42(41-59-50-49(58)48(57)47(56)44(40-52)60-50)46(55)43(53)38-36-34-32-30-28-16-14-12-10-8-6-4-2/h42-44,46-50,52-53,55-58H,3-41H2,1-2H3,(H,51,54)/t42-,43+,44-,46-,47-,48-,49-,50-/m0/s1. The molecule has 0 spiro atoms. The Morgan fingerprint density at radius 1 is 0.517 bits per heavy atom. The van der Waals surface area contributed by atoms with Crippen LogP contribution in [0.4, 0.5) is 0 Å². The Morgan fingerprint density at radius 2 is 0.867 bits per heavy atom. The van der Waals surface area contributed by atoms with Crippen molar-refractivity contribution in [3.8, 4) is 0 Å². The predicted molar refractivity (Wildman–Crippen MR) is 246 cm³/mol. The summed E-state index contributed by atoms with van der Waals surface area (Å²) in [6.45, 7) is 3.63. The first-order chi connectivity index (χ1) is 29.3. The molecule has 1 aliphatic rings. The summed E-state index contributed by atoms with van der Waals surface area (Å²) in [5, 5.41) is 65.3. The van der Waals surface area contributed by atoms with Crippen molar-refractivity contribution < 1.29 is 44.9 Å². The van der Waals surface area contributed by atoms with Gasteiger partial charge >= 0.3 is 0 Å². The van der Waals surface area contributed by atoms with Gasteiger partial charge in [0, 0.05) is 6.42 Å². The van der Waals surface area contributed by atoms with Crippen LogP contribution in [0, 0.1) is 0 Å². The molecule has 0 aromatic carbocycles. The highest BCUT2D eigenvalue weighted by Crippen LogP contribution is 2.23. The molecule has 1 aliphatic heterocycles. The first-order valence-corrected chi connectivity index (χ1v) is 25.8. The third-order valence-electron chi connectivity index (χ3n) is 12.8. The highest BCUT2D eigenvalue weighted by molar-refractivity contribution is 5.76. The van der Waals surface area contributed by atoms with Crippen LogP contribution in [0.5, 0.6) is 0 Å². The Balaban J connectivity index is 2.26. The van der Waals surface area contributed by atoms with E-state index in [1.807, 2.05) is 0 Å². The minimum Gasteiger partial charge on any atom is -0.394 e. The normalized spacial score (nSPS) is 21.0. The molecule has 10 nitrogen and oxygen atoms in total. The van der Waals surface area contributed by atoms with Gasteiger partial charge < -0.3 is 45.4 Å². The lowest BCUT2D eigenvalue weighted by atomic mass is 9.98. The fourth-order valence-corrected chi connectivity index (χ4v) is 8.61. The number of carbonyl (C=O) groups is 1. The van der Waals surface area contributed by atoms with Gasteiger partial charge in [-0.3, -0.25) is 4.79 Å². The Bertz CT molecular complexity index is 926. The number of hydrogen-bond donors (Lipinski definition) is 7. The first-order valence-electron chi connectivity index (χ1n) is 25.8. The zero-order valence-corrected chi connectivity index (χ0v) is 39.1. The molecule has 60 heavy (non-hydrogen) atoms. The van der Waals surface area contributed by atoms with Crippen LogP contribution in [-0.4, -0.2) is 98.7 Å². The van der Waals surface area contributed by atoms with Gasteiger partial charge in [-0.05, 0) is 12.8 Å². The number of aliphatic hydroxyl groups excluding tert-OH is 6. The average molecular weight is 858 g/mol. The third-order valence-corrected chi connectivity index (χ3v) is 12.8. The van der Waals surface area contributed by atoms with E-state index in [0.29, 0.717) is 6.42 Å². The second-order valence-electron chi connectivity index (χ2n) is 18.5. The minimum atomic E-state index is -1.60. The molecule has 0 aromatic heterocycles. The smallest absolute Gasteiger partial charge is 0.220 e. The van der Waals surface area contributed by atoms with Crippen LogP contribution in [0.3, 0.4) is 0 Å². The second kappa shape index (κ2) is 40.9. The second-order valence-corrected chi connectivity index (χ2v) is 18.5. The molecule has 0 aliphatic carbocycles. The molecule has 0 aromatic rings. The predicted octanol–water partition coefficient (Wildman–Crippen LogP) is 10.5. The van der Waals surface area contributed by atoms with Gasteiger partial charge in [0.15, 0.2) is 6.29 Å². The van der Waals surface area contributed by atoms with Crippen molar-refractivity contribution >= 4 is 5.91 Å². The van der Waals surface area contributed by atoms with Crippen LogP contribution in [-0.2, 0) is 14.3 Å². The lowest BCUT2D eigenvalue weighted by Crippen LogP contribution is -2.60. The van der Waals surface area contributed by atoms with Gasteiger partial charge in [0.2, 0.25) is 5.91 Å². The van der Waals surface area contributed by atoms with Crippen molar-refractivity contribution in [1.82, 2.24) is 5.32 Å². The molecule has 7 N–H and O–H groups in total. The topological polar surface area (TPSA) is 169 Å². The summed E-state index contributed by atoms with van der Waals surface area (Å²) in [6.07, 6.45) is 35.5. The van der Waals surface area contributed by atoms with Crippen LogP contribution in [0.25, 0.3) is 0 Å². The molecular weight excluding hydrogens is 759 g/mol. The number of carbonyl (C=O) groups excluding carboxylic acids is 1. The molecule has 1 saturated heterocycles. The van der Waals surface area contributed by atoms with Crippen molar-refractivity contribution in [1.29, 1.82) is 0 Å². The Morgan fingerprint density at radius 3 is 1.23 bits per heavy atom. The number of hydrogen-bond acceptors (Lipinski definition) is 9. The maximum Gasteiger partial charge on any atom is 0.220 e. The molecule has 0 radical (unpaired) electrons. The molecule has 1 amide bonds. The number of aliphatic hydroxyl groups is 6. The minimum absolute atomic E-state index is 0.252. The molecule has 10 heteroatoms. The number of amides is 1. The summed E-state index contributed by atoms with van der Waals surface area (Å²) in [6, 6.07) is -0.985. The SMILES string of the molecule is CCCCCCCCCCCCCCCCCCCCCCCCCC(=O)N[C@@H](CO[C@H]1O[C@@H](CO)[C@H](O)[C@H](O)[C@@H]1O)[C@H](O)[C@H](O)CCCCCCCCCCCCCC. The molecule has 358 valence electrons. The van der Waals surface area contributed by atoms with Crippen LogP contribution in [0.15, 0.2) is 0 Å². The molecule has 1 rings (SSSR count). The molecule has 0 saturated carbocycles. The fraction of sp³-hybridized carbons (Fsp3) is 0.980. The number of ether oxygens (including phenoxy) is 2. The number of nitrogens with one attached hydrogen (secondary N) is 1. The van der Waals surface area contributed by atoms with Gasteiger partial charge in [-0.25, -0.2) is 0 Å². The van der Waals surface area contributed by atoms with Crippen LogP contribution < -0.4 is 5.32 Å². The van der Waals surface area contributed by atoms with Crippen molar-refractivity contribution in [3.63, 3.8) is 0 Å². The van der Waals surface area contributed by atoms with Gasteiger partial charge in [0.05, 0.1) is 25.4 Å². The lowest BCUT2D eigenvalue weighted by Gasteiger charge is -2.40. The Kier molecular flexibility index (Phi) is 39.0. The van der Waals surface area contributed by atoms with E-state index in [9.17, 15) is 35.4 Å². The van der Waals surface area contributed by atoms with E-state index in [1.165, 1.54) is 186 Å². The van der Waals surface area contributed by atoms with Gasteiger partial charge in [0.1, 0.15) is 30.5 Å². The maximum atomic E-state index is 13.0. The number of unbranched alkanes of at least 4 members (excludes halogenated alkanes) is 33. The monoisotopic (exact) mass is 858 g/mol. The van der Waals surface area contributed by atoms with Crippen LogP contribution in [0.2, 0.25) is 0 Å². The van der Waals surface area contributed by atoms with Gasteiger partial charge in [-0.15, -0.1) is 0 Å². The van der Waals surface area contributed by atoms with E-state index in [2.05, 4.69) is 19.2 Å². The van der Waals surface area contributed by atoms with Crippen molar-refractivity contribution in [2.45, 2.75) is 300 Å². The van der Waals surface area contributed by atoms with Crippen LogP contribution in [0.1, 0.15) is 251 Å². The summed E-state index contributed by atoms with van der Waals surface area (Å²) in [4.78, 5) is 13.0. The highest BCUT2D eigenvalue weighted by Gasteiger charge is 2.44. The van der Waals surface area contributed by atoms with Gasteiger partial charge in [-0.2, -0.15) is 0 Å². The molecule has 1 fully saturated rings. The van der Waals surface area contributed by atoms with Gasteiger partial charge in [-0.1, -0.05) is 232 Å². The van der Waals surface area contributed by atoms with Crippen molar-refractivity contribution in [3.05, 3.63) is 0 Å². The average Bonchev–Trinajstić information content (AvgIpc) is 3.25. The van der Waals surface area contributed by atoms with E-state index in [1.54, 1.807) is 0 Å². The molecule has 0 unspecified atom stereocenters. The Labute approximate surface area is 368 Å². The van der Waals surface area contributed by atoms with E-state index in [-0.39, 0.29) is 18.9 Å². The largest absolute Gasteiger partial charge is 0.394 e. The van der Waals surface area contributed by atoms with Crippen LogP contribution >= 0.6 is 0 Å². The van der Waals surface area contributed by atoms with Crippen molar-refractivity contribution in [2.75, 3.05) is 13.2 Å².